The molecule has 0 spiro atoms. The minimum absolute atomic E-state index is 0.310. The molecular formula is C15H13BrClF2N. The zero-order valence-electron chi connectivity index (χ0n) is 11.0. The van der Waals surface area contributed by atoms with Crippen LogP contribution in [0.3, 0.4) is 0 Å². The van der Waals surface area contributed by atoms with Gasteiger partial charge in [-0.25, -0.2) is 8.78 Å². The Morgan fingerprint density at radius 1 is 1.20 bits per heavy atom. The molecular weight excluding hydrogens is 348 g/mol. The van der Waals surface area contributed by atoms with Crippen molar-refractivity contribution in [1.29, 1.82) is 0 Å². The fraction of sp³-hybridized carbons (Fsp3) is 0.200. The van der Waals surface area contributed by atoms with Crippen LogP contribution in [0, 0.1) is 18.6 Å². The Morgan fingerprint density at radius 3 is 2.55 bits per heavy atom. The summed E-state index contributed by atoms with van der Waals surface area (Å²) in [5.41, 5.74) is 1.22. The second-order valence-corrected chi connectivity index (χ2v) is 5.75. The summed E-state index contributed by atoms with van der Waals surface area (Å²) in [5, 5.41) is 3.32. The van der Waals surface area contributed by atoms with Gasteiger partial charge in [-0.15, -0.1) is 0 Å². The summed E-state index contributed by atoms with van der Waals surface area (Å²) in [7, 11) is 1.65. The molecule has 5 heteroatoms. The first-order chi connectivity index (χ1) is 9.45. The lowest BCUT2D eigenvalue weighted by Gasteiger charge is -2.20. The largest absolute Gasteiger partial charge is 0.309 e. The van der Waals surface area contributed by atoms with Crippen molar-refractivity contribution in [1.82, 2.24) is 5.32 Å². The maximum absolute atomic E-state index is 14.2. The molecule has 0 heterocycles. The highest BCUT2D eigenvalue weighted by atomic mass is 79.9. The van der Waals surface area contributed by atoms with Gasteiger partial charge in [0.2, 0.25) is 0 Å². The van der Waals surface area contributed by atoms with Gasteiger partial charge in [0.1, 0.15) is 11.6 Å². The molecule has 0 radical (unpaired) electrons. The lowest BCUT2D eigenvalue weighted by molar-refractivity contribution is 0.543. The molecule has 20 heavy (non-hydrogen) atoms. The maximum atomic E-state index is 14.2. The lowest BCUT2D eigenvalue weighted by atomic mass is 9.96. The van der Waals surface area contributed by atoms with Crippen LogP contribution in [0.25, 0.3) is 0 Å². The van der Waals surface area contributed by atoms with E-state index >= 15 is 0 Å². The standard InChI is InChI=1S/C15H13BrClF2N/c1-8-4-3-5-9(14(8)19)15(20-2)10-6-12(17)11(16)7-13(10)18/h3-7,15,20H,1-2H3. The van der Waals surface area contributed by atoms with Gasteiger partial charge in [0, 0.05) is 15.6 Å². The average molecular weight is 361 g/mol. The summed E-state index contributed by atoms with van der Waals surface area (Å²) in [6.07, 6.45) is 0. The number of benzene rings is 2. The van der Waals surface area contributed by atoms with Crippen LogP contribution in [0.1, 0.15) is 22.7 Å². The van der Waals surface area contributed by atoms with Gasteiger partial charge in [0.05, 0.1) is 11.1 Å². The molecule has 2 rings (SSSR count). The monoisotopic (exact) mass is 359 g/mol. The molecule has 1 N–H and O–H groups in total. The van der Waals surface area contributed by atoms with Crippen molar-refractivity contribution in [3.8, 4) is 0 Å². The van der Waals surface area contributed by atoms with Gasteiger partial charge in [-0.3, -0.25) is 0 Å². The molecule has 0 aliphatic heterocycles. The minimum Gasteiger partial charge on any atom is -0.309 e. The van der Waals surface area contributed by atoms with E-state index in [1.165, 1.54) is 12.1 Å². The number of hydrogen-bond acceptors (Lipinski definition) is 1. The van der Waals surface area contributed by atoms with Crippen LogP contribution in [-0.4, -0.2) is 7.05 Å². The van der Waals surface area contributed by atoms with E-state index < -0.39 is 11.9 Å². The van der Waals surface area contributed by atoms with Crippen molar-refractivity contribution >= 4 is 27.5 Å². The zero-order chi connectivity index (χ0) is 14.9. The van der Waals surface area contributed by atoms with Crippen molar-refractivity contribution < 1.29 is 8.78 Å². The van der Waals surface area contributed by atoms with Crippen LogP contribution in [0.15, 0.2) is 34.8 Å². The van der Waals surface area contributed by atoms with E-state index in [4.69, 9.17) is 11.6 Å². The van der Waals surface area contributed by atoms with E-state index in [1.807, 2.05) is 0 Å². The van der Waals surface area contributed by atoms with Crippen molar-refractivity contribution in [3.63, 3.8) is 0 Å². The van der Waals surface area contributed by atoms with Crippen LogP contribution >= 0.6 is 27.5 Å². The quantitative estimate of drug-likeness (QED) is 0.760. The smallest absolute Gasteiger partial charge is 0.131 e. The van der Waals surface area contributed by atoms with E-state index in [0.29, 0.717) is 26.2 Å². The summed E-state index contributed by atoms with van der Waals surface area (Å²) < 4.78 is 28.8. The van der Waals surface area contributed by atoms with E-state index in [-0.39, 0.29) is 5.82 Å². The molecule has 106 valence electrons. The van der Waals surface area contributed by atoms with Gasteiger partial charge in [-0.1, -0.05) is 29.8 Å². The fourth-order valence-electron chi connectivity index (χ4n) is 2.13. The summed E-state index contributed by atoms with van der Waals surface area (Å²) in [4.78, 5) is 0. The van der Waals surface area contributed by atoms with Crippen LogP contribution in [0.5, 0.6) is 0 Å². The molecule has 0 saturated carbocycles. The molecule has 0 amide bonds. The van der Waals surface area contributed by atoms with Gasteiger partial charge >= 0.3 is 0 Å². The Morgan fingerprint density at radius 2 is 1.90 bits per heavy atom. The molecule has 1 unspecified atom stereocenters. The molecule has 0 fully saturated rings. The van der Waals surface area contributed by atoms with Crippen LogP contribution < -0.4 is 5.32 Å². The summed E-state index contributed by atoms with van der Waals surface area (Å²) in [5.74, 6) is -0.785. The second-order valence-electron chi connectivity index (χ2n) is 4.49. The Balaban J connectivity index is 2.58. The van der Waals surface area contributed by atoms with E-state index in [2.05, 4.69) is 21.2 Å². The molecule has 1 nitrogen and oxygen atoms in total. The second kappa shape index (κ2) is 6.20. The highest BCUT2D eigenvalue weighted by molar-refractivity contribution is 9.10. The molecule has 0 aromatic heterocycles. The van der Waals surface area contributed by atoms with Crippen LogP contribution in [0.4, 0.5) is 8.78 Å². The minimum atomic E-state index is -0.597. The average Bonchev–Trinajstić information content (AvgIpc) is 2.41. The van der Waals surface area contributed by atoms with Crippen LogP contribution in [-0.2, 0) is 0 Å². The van der Waals surface area contributed by atoms with E-state index in [0.717, 1.165) is 0 Å². The van der Waals surface area contributed by atoms with E-state index in [9.17, 15) is 8.78 Å². The Labute approximate surface area is 130 Å². The third-order valence-corrected chi connectivity index (χ3v) is 4.37. The highest BCUT2D eigenvalue weighted by Crippen LogP contribution is 2.32. The SMILES string of the molecule is CNC(c1cc(Cl)c(Br)cc1F)c1cccc(C)c1F. The molecule has 2 aromatic carbocycles. The van der Waals surface area contributed by atoms with Crippen LogP contribution in [0.2, 0.25) is 5.02 Å². The zero-order valence-corrected chi connectivity index (χ0v) is 13.3. The van der Waals surface area contributed by atoms with Gasteiger partial charge in [-0.05, 0) is 47.6 Å². The predicted molar refractivity (Wildman–Crippen MR) is 81.1 cm³/mol. The summed E-state index contributed by atoms with van der Waals surface area (Å²) in [6.45, 7) is 1.68. The fourth-order valence-corrected chi connectivity index (χ4v) is 2.62. The number of aryl methyl sites for hydroxylation is 1. The highest BCUT2D eigenvalue weighted by Gasteiger charge is 2.21. The number of halogens is 4. The molecule has 2 aromatic rings. The summed E-state index contributed by atoms with van der Waals surface area (Å²) >= 11 is 9.18. The number of rotatable bonds is 3. The first-order valence-corrected chi connectivity index (χ1v) is 7.19. The normalized spacial score (nSPS) is 12.5. The topological polar surface area (TPSA) is 12.0 Å². The predicted octanol–water partition coefficient (Wildman–Crippen LogP) is 5.00. The Kier molecular flexibility index (Phi) is 4.78. The third-order valence-electron chi connectivity index (χ3n) is 3.17. The third kappa shape index (κ3) is 2.87. The maximum Gasteiger partial charge on any atom is 0.131 e. The molecule has 0 aliphatic rings. The Bertz CT molecular complexity index is 646. The van der Waals surface area contributed by atoms with Crippen molar-refractivity contribution in [2.75, 3.05) is 7.05 Å². The summed E-state index contributed by atoms with van der Waals surface area (Å²) in [6, 6.07) is 7.26. The molecule has 0 bridgehead atoms. The van der Waals surface area contributed by atoms with Gasteiger partial charge < -0.3 is 5.32 Å². The van der Waals surface area contributed by atoms with Gasteiger partial charge in [-0.2, -0.15) is 0 Å². The molecule has 1 atom stereocenters. The first kappa shape index (κ1) is 15.4. The lowest BCUT2D eigenvalue weighted by Crippen LogP contribution is -2.20. The van der Waals surface area contributed by atoms with Gasteiger partial charge in [0.25, 0.3) is 0 Å². The molecule has 0 saturated heterocycles. The number of hydrogen-bond donors (Lipinski definition) is 1. The Hall–Kier alpha value is -0.970. The van der Waals surface area contributed by atoms with Crippen molar-refractivity contribution in [2.45, 2.75) is 13.0 Å². The molecule has 0 aliphatic carbocycles. The van der Waals surface area contributed by atoms with Gasteiger partial charge in [0.15, 0.2) is 0 Å². The van der Waals surface area contributed by atoms with Crippen molar-refractivity contribution in [2.24, 2.45) is 0 Å². The number of nitrogens with one attached hydrogen (secondary N) is 1. The first-order valence-electron chi connectivity index (χ1n) is 6.02. The van der Waals surface area contributed by atoms with E-state index in [1.54, 1.807) is 32.2 Å². The van der Waals surface area contributed by atoms with Crippen molar-refractivity contribution in [3.05, 3.63) is 68.2 Å².